The molecule has 0 atom stereocenters. The second kappa shape index (κ2) is 4.24. The molecule has 4 nitrogen and oxygen atoms in total. The average molecular weight is 228 g/mol. The minimum atomic E-state index is -0.0461. The largest absolute Gasteiger partial charge is 0.345 e. The summed E-state index contributed by atoms with van der Waals surface area (Å²) in [5.74, 6) is -0.0461. The zero-order chi connectivity index (χ0) is 10.8. The number of aromatic nitrogens is 1. The van der Waals surface area contributed by atoms with E-state index in [4.69, 9.17) is 11.6 Å². The van der Waals surface area contributed by atoms with E-state index in [0.717, 1.165) is 19.6 Å². The van der Waals surface area contributed by atoms with Crippen molar-refractivity contribution in [3.05, 3.63) is 23.0 Å². The predicted molar refractivity (Wildman–Crippen MR) is 59.2 cm³/mol. The molecule has 1 aliphatic rings. The van der Waals surface area contributed by atoms with Crippen LogP contribution in [-0.2, 0) is 6.54 Å². The molecule has 1 aromatic heterocycles. The molecule has 0 unspecified atom stereocenters. The Hall–Kier alpha value is -1.00. The minimum absolute atomic E-state index is 0.0461. The van der Waals surface area contributed by atoms with E-state index in [9.17, 15) is 4.79 Å². The van der Waals surface area contributed by atoms with Gasteiger partial charge >= 0.3 is 0 Å². The Morgan fingerprint density at radius 3 is 3.00 bits per heavy atom. The molecule has 2 N–H and O–H groups in total. The Bertz CT molecular complexity index is 371. The van der Waals surface area contributed by atoms with Gasteiger partial charge in [-0.05, 0) is 13.0 Å². The molecule has 0 bridgehead atoms. The Balaban J connectivity index is 2.09. The van der Waals surface area contributed by atoms with Gasteiger partial charge in [0.05, 0.1) is 11.1 Å². The number of amides is 1. The van der Waals surface area contributed by atoms with Crippen LogP contribution in [-0.4, -0.2) is 29.6 Å². The quantitative estimate of drug-likeness (QED) is 0.805. The van der Waals surface area contributed by atoms with Crippen molar-refractivity contribution in [2.45, 2.75) is 19.5 Å². The summed E-state index contributed by atoms with van der Waals surface area (Å²) in [6, 6.07) is 1.96. The highest BCUT2D eigenvalue weighted by molar-refractivity contribution is 6.31. The highest BCUT2D eigenvalue weighted by Crippen LogP contribution is 2.14. The number of rotatable bonds is 3. The number of hydrogen-bond donors (Lipinski definition) is 2. The van der Waals surface area contributed by atoms with Gasteiger partial charge < -0.3 is 15.2 Å². The maximum Gasteiger partial charge on any atom is 0.268 e. The van der Waals surface area contributed by atoms with E-state index >= 15 is 0 Å². The molecule has 0 aromatic carbocycles. The molecular weight excluding hydrogens is 214 g/mol. The zero-order valence-electron chi connectivity index (χ0n) is 8.59. The molecule has 5 heteroatoms. The highest BCUT2D eigenvalue weighted by Gasteiger charge is 2.21. The van der Waals surface area contributed by atoms with Crippen LogP contribution in [0, 0.1) is 0 Å². The van der Waals surface area contributed by atoms with Gasteiger partial charge in [-0.1, -0.05) is 11.6 Å². The molecule has 1 fully saturated rings. The molecule has 2 rings (SSSR count). The van der Waals surface area contributed by atoms with Crippen LogP contribution >= 0.6 is 11.6 Å². The van der Waals surface area contributed by atoms with Gasteiger partial charge in [0.2, 0.25) is 0 Å². The molecule has 1 aliphatic heterocycles. The standard InChI is InChI=1S/C10H14ClN3O/c1-2-14-6-7(11)3-9(14)10(15)13-8-4-12-5-8/h3,6,8,12H,2,4-5H2,1H3,(H,13,15). The zero-order valence-corrected chi connectivity index (χ0v) is 9.34. The van der Waals surface area contributed by atoms with Crippen LogP contribution in [0.3, 0.4) is 0 Å². The van der Waals surface area contributed by atoms with Gasteiger partial charge in [-0.15, -0.1) is 0 Å². The fourth-order valence-electron chi connectivity index (χ4n) is 1.58. The summed E-state index contributed by atoms with van der Waals surface area (Å²) in [5, 5.41) is 6.65. The number of halogens is 1. The van der Waals surface area contributed by atoms with E-state index in [1.54, 1.807) is 12.3 Å². The van der Waals surface area contributed by atoms with Crippen molar-refractivity contribution in [3.8, 4) is 0 Å². The second-order valence-electron chi connectivity index (χ2n) is 3.66. The van der Waals surface area contributed by atoms with Crippen molar-refractivity contribution < 1.29 is 4.79 Å². The SMILES string of the molecule is CCn1cc(Cl)cc1C(=O)NC1CNC1. The van der Waals surface area contributed by atoms with Crippen molar-refractivity contribution >= 4 is 17.5 Å². The number of aryl methyl sites for hydroxylation is 1. The molecule has 2 heterocycles. The first-order chi connectivity index (χ1) is 7.20. The molecule has 0 saturated carbocycles. The van der Waals surface area contributed by atoms with Gasteiger partial charge in [0.15, 0.2) is 0 Å². The summed E-state index contributed by atoms with van der Waals surface area (Å²) in [6.45, 7) is 4.44. The Morgan fingerprint density at radius 1 is 1.73 bits per heavy atom. The monoisotopic (exact) mass is 227 g/mol. The summed E-state index contributed by atoms with van der Waals surface area (Å²) in [6.07, 6.45) is 1.77. The third-order valence-corrected chi connectivity index (χ3v) is 2.76. The summed E-state index contributed by atoms with van der Waals surface area (Å²) in [4.78, 5) is 11.8. The molecule has 0 radical (unpaired) electrons. The van der Waals surface area contributed by atoms with Gasteiger partial charge in [-0.25, -0.2) is 0 Å². The summed E-state index contributed by atoms with van der Waals surface area (Å²) in [7, 11) is 0. The molecular formula is C10H14ClN3O. The molecule has 0 aliphatic carbocycles. The van der Waals surface area contributed by atoms with E-state index in [2.05, 4.69) is 10.6 Å². The fourth-order valence-corrected chi connectivity index (χ4v) is 1.80. The third kappa shape index (κ3) is 2.16. The Kier molecular flexibility index (Phi) is 2.98. The van der Waals surface area contributed by atoms with Gasteiger partial charge in [-0.3, -0.25) is 4.79 Å². The van der Waals surface area contributed by atoms with Crippen molar-refractivity contribution in [2.75, 3.05) is 13.1 Å². The van der Waals surface area contributed by atoms with E-state index in [1.165, 1.54) is 0 Å². The van der Waals surface area contributed by atoms with Crippen molar-refractivity contribution in [1.82, 2.24) is 15.2 Å². The number of nitrogens with zero attached hydrogens (tertiary/aromatic N) is 1. The van der Waals surface area contributed by atoms with Crippen LogP contribution in [0.2, 0.25) is 5.02 Å². The lowest BCUT2D eigenvalue weighted by Gasteiger charge is -2.28. The number of carbonyl (C=O) groups is 1. The second-order valence-corrected chi connectivity index (χ2v) is 4.09. The first-order valence-electron chi connectivity index (χ1n) is 5.08. The van der Waals surface area contributed by atoms with Gasteiger partial charge in [0.1, 0.15) is 5.69 Å². The Labute approximate surface area is 93.6 Å². The van der Waals surface area contributed by atoms with Crippen LogP contribution in [0.4, 0.5) is 0 Å². The smallest absolute Gasteiger partial charge is 0.268 e. The lowest BCUT2D eigenvalue weighted by molar-refractivity contribution is 0.0914. The van der Waals surface area contributed by atoms with Crippen molar-refractivity contribution in [1.29, 1.82) is 0 Å². The lowest BCUT2D eigenvalue weighted by Crippen LogP contribution is -2.57. The van der Waals surface area contributed by atoms with Crippen LogP contribution < -0.4 is 10.6 Å². The maximum absolute atomic E-state index is 11.8. The lowest BCUT2D eigenvalue weighted by atomic mass is 10.2. The average Bonchev–Trinajstić information content (AvgIpc) is 2.53. The van der Waals surface area contributed by atoms with Crippen LogP contribution in [0.25, 0.3) is 0 Å². The van der Waals surface area contributed by atoms with Gasteiger partial charge in [0, 0.05) is 25.8 Å². The normalized spacial score (nSPS) is 16.1. The molecule has 82 valence electrons. The molecule has 1 amide bonds. The predicted octanol–water partition coefficient (Wildman–Crippen LogP) is 0.863. The molecule has 1 aromatic rings. The number of nitrogens with one attached hydrogen (secondary N) is 2. The minimum Gasteiger partial charge on any atom is -0.345 e. The first-order valence-corrected chi connectivity index (χ1v) is 5.45. The summed E-state index contributed by atoms with van der Waals surface area (Å²) < 4.78 is 1.85. The van der Waals surface area contributed by atoms with Crippen molar-refractivity contribution in [3.63, 3.8) is 0 Å². The van der Waals surface area contributed by atoms with Crippen LogP contribution in [0.1, 0.15) is 17.4 Å². The van der Waals surface area contributed by atoms with E-state index in [1.807, 2.05) is 11.5 Å². The Morgan fingerprint density at radius 2 is 2.47 bits per heavy atom. The fraction of sp³-hybridized carbons (Fsp3) is 0.500. The third-order valence-electron chi connectivity index (χ3n) is 2.55. The van der Waals surface area contributed by atoms with E-state index < -0.39 is 0 Å². The molecule has 1 saturated heterocycles. The first kappa shape index (κ1) is 10.5. The van der Waals surface area contributed by atoms with Crippen LogP contribution in [0.5, 0.6) is 0 Å². The van der Waals surface area contributed by atoms with Gasteiger partial charge in [0.25, 0.3) is 5.91 Å². The highest BCUT2D eigenvalue weighted by atomic mass is 35.5. The number of carbonyl (C=O) groups excluding carboxylic acids is 1. The maximum atomic E-state index is 11.8. The molecule has 0 spiro atoms. The number of hydrogen-bond acceptors (Lipinski definition) is 2. The van der Waals surface area contributed by atoms with Crippen LogP contribution in [0.15, 0.2) is 12.3 Å². The van der Waals surface area contributed by atoms with E-state index in [-0.39, 0.29) is 11.9 Å². The summed E-state index contributed by atoms with van der Waals surface area (Å²) >= 11 is 5.86. The topological polar surface area (TPSA) is 46.1 Å². The summed E-state index contributed by atoms with van der Waals surface area (Å²) in [5.41, 5.74) is 0.634. The van der Waals surface area contributed by atoms with Gasteiger partial charge in [-0.2, -0.15) is 0 Å². The van der Waals surface area contributed by atoms with Crippen molar-refractivity contribution in [2.24, 2.45) is 0 Å². The van der Waals surface area contributed by atoms with E-state index in [0.29, 0.717) is 10.7 Å². The molecule has 15 heavy (non-hydrogen) atoms.